The van der Waals surface area contributed by atoms with Gasteiger partial charge in [-0.25, -0.2) is 9.78 Å². The van der Waals surface area contributed by atoms with Gasteiger partial charge in [0.1, 0.15) is 12.2 Å². The minimum absolute atomic E-state index is 0.0123. The number of piperidine rings is 1. The van der Waals surface area contributed by atoms with E-state index in [1.807, 2.05) is 44.7 Å². The van der Waals surface area contributed by atoms with Gasteiger partial charge in [0.15, 0.2) is 11.6 Å². The lowest BCUT2D eigenvalue weighted by atomic mass is 10.1. The maximum absolute atomic E-state index is 12.9. The first kappa shape index (κ1) is 22.1. The Kier molecular flexibility index (Phi) is 6.09. The second-order valence-corrected chi connectivity index (χ2v) is 9.40. The van der Waals surface area contributed by atoms with Crippen LogP contribution in [-0.4, -0.2) is 53.6 Å². The number of ether oxygens (including phenoxy) is 2. The molecule has 0 saturated carbocycles. The number of aryl methyl sites for hydroxylation is 1. The molecular formula is C25H31N3O4. The maximum Gasteiger partial charge on any atom is 0.338 e. The maximum atomic E-state index is 12.9. The molecule has 2 aromatic rings. The monoisotopic (exact) mass is 437 g/mol. The van der Waals surface area contributed by atoms with Gasteiger partial charge in [-0.1, -0.05) is 0 Å². The number of amides is 1. The lowest BCUT2D eigenvalue weighted by Gasteiger charge is -2.31. The molecule has 7 nitrogen and oxygen atoms in total. The highest BCUT2D eigenvalue weighted by atomic mass is 16.6. The first-order chi connectivity index (χ1) is 15.2. The van der Waals surface area contributed by atoms with Crippen LogP contribution in [0.15, 0.2) is 30.5 Å². The number of hydrogen-bond acceptors (Lipinski definition) is 6. The van der Waals surface area contributed by atoms with Gasteiger partial charge in [0.25, 0.3) is 5.91 Å². The largest absolute Gasteiger partial charge is 0.488 e. The number of carbonyl (C=O) groups is 2. The SMILES string of the molecule is Cc1cc(N2CCOc3cc(C(=O)N4CCCCC4)cnc32)ccc1C(=O)OC(C)(C)C. The Bertz CT molecular complexity index is 1020. The molecule has 3 heterocycles. The van der Waals surface area contributed by atoms with Gasteiger partial charge >= 0.3 is 5.97 Å². The van der Waals surface area contributed by atoms with E-state index in [0.717, 1.165) is 37.2 Å². The third kappa shape index (κ3) is 4.71. The van der Waals surface area contributed by atoms with Crippen molar-refractivity contribution in [1.82, 2.24) is 9.88 Å². The van der Waals surface area contributed by atoms with Crippen molar-refractivity contribution in [3.8, 4) is 5.75 Å². The van der Waals surface area contributed by atoms with Crippen molar-refractivity contribution in [2.75, 3.05) is 31.1 Å². The molecule has 0 atom stereocenters. The summed E-state index contributed by atoms with van der Waals surface area (Å²) in [6.07, 6.45) is 4.91. The van der Waals surface area contributed by atoms with E-state index in [1.165, 1.54) is 6.42 Å². The molecule has 2 aliphatic rings. The third-order valence-corrected chi connectivity index (χ3v) is 5.69. The van der Waals surface area contributed by atoms with Crippen molar-refractivity contribution in [2.45, 2.75) is 52.6 Å². The van der Waals surface area contributed by atoms with E-state index < -0.39 is 5.60 Å². The molecule has 0 unspecified atom stereocenters. The molecule has 1 aromatic carbocycles. The van der Waals surface area contributed by atoms with E-state index in [9.17, 15) is 9.59 Å². The predicted octanol–water partition coefficient (Wildman–Crippen LogP) is 4.50. The summed E-state index contributed by atoms with van der Waals surface area (Å²) < 4.78 is 11.4. The molecule has 32 heavy (non-hydrogen) atoms. The number of hydrogen-bond donors (Lipinski definition) is 0. The summed E-state index contributed by atoms with van der Waals surface area (Å²) in [6, 6.07) is 7.45. The fourth-order valence-corrected chi connectivity index (χ4v) is 4.12. The van der Waals surface area contributed by atoms with E-state index in [1.54, 1.807) is 18.3 Å². The number of likely N-dealkylation sites (tertiary alicyclic amines) is 1. The van der Waals surface area contributed by atoms with Crippen molar-refractivity contribution in [2.24, 2.45) is 0 Å². The zero-order valence-electron chi connectivity index (χ0n) is 19.3. The molecule has 4 rings (SSSR count). The van der Waals surface area contributed by atoms with Crippen molar-refractivity contribution in [1.29, 1.82) is 0 Å². The van der Waals surface area contributed by atoms with Crippen LogP contribution in [0.5, 0.6) is 5.75 Å². The molecule has 1 aromatic heterocycles. The fraction of sp³-hybridized carbons (Fsp3) is 0.480. The molecule has 170 valence electrons. The van der Waals surface area contributed by atoms with Gasteiger partial charge in [0.2, 0.25) is 0 Å². The van der Waals surface area contributed by atoms with E-state index in [2.05, 4.69) is 9.88 Å². The van der Waals surface area contributed by atoms with Crippen molar-refractivity contribution < 1.29 is 19.1 Å². The molecule has 0 aliphatic carbocycles. The molecule has 0 radical (unpaired) electrons. The zero-order valence-corrected chi connectivity index (χ0v) is 19.3. The van der Waals surface area contributed by atoms with Crippen LogP contribution >= 0.6 is 0 Å². The van der Waals surface area contributed by atoms with Crippen LogP contribution < -0.4 is 9.64 Å². The average Bonchev–Trinajstić information content (AvgIpc) is 2.77. The van der Waals surface area contributed by atoms with Crippen molar-refractivity contribution in [3.05, 3.63) is 47.2 Å². The van der Waals surface area contributed by atoms with E-state index >= 15 is 0 Å². The van der Waals surface area contributed by atoms with Crippen LogP contribution in [0, 0.1) is 6.92 Å². The summed E-state index contributed by atoms with van der Waals surface area (Å²) in [5, 5.41) is 0. The Balaban J connectivity index is 1.57. The van der Waals surface area contributed by atoms with Gasteiger partial charge in [0, 0.05) is 25.0 Å². The Hall–Kier alpha value is -3.09. The van der Waals surface area contributed by atoms with Gasteiger partial charge < -0.3 is 19.3 Å². The van der Waals surface area contributed by atoms with Crippen molar-refractivity contribution in [3.63, 3.8) is 0 Å². The molecule has 0 N–H and O–H groups in total. The minimum atomic E-state index is -0.543. The number of benzene rings is 1. The van der Waals surface area contributed by atoms with Crippen LogP contribution in [0.1, 0.15) is 66.3 Å². The second-order valence-electron chi connectivity index (χ2n) is 9.40. The normalized spacial score (nSPS) is 16.2. The van der Waals surface area contributed by atoms with Crippen LogP contribution in [0.25, 0.3) is 0 Å². The van der Waals surface area contributed by atoms with Gasteiger partial charge in [-0.05, 0) is 76.8 Å². The van der Waals surface area contributed by atoms with E-state index in [-0.39, 0.29) is 11.9 Å². The van der Waals surface area contributed by atoms with Crippen molar-refractivity contribution >= 4 is 23.4 Å². The number of fused-ring (bicyclic) bond motifs is 1. The minimum Gasteiger partial charge on any atom is -0.488 e. The Morgan fingerprint density at radius 3 is 2.50 bits per heavy atom. The Morgan fingerprint density at radius 2 is 1.81 bits per heavy atom. The highest BCUT2D eigenvalue weighted by molar-refractivity contribution is 5.95. The standard InChI is InChI=1S/C25H31N3O4/c1-17-14-19(8-9-20(17)24(30)32-25(2,3)4)28-12-13-31-21-15-18(16-26-22(21)28)23(29)27-10-6-5-7-11-27/h8-9,14-16H,5-7,10-13H2,1-4H3. The number of pyridine rings is 1. The summed E-state index contributed by atoms with van der Waals surface area (Å²) in [5.74, 6) is 0.963. The average molecular weight is 438 g/mol. The Morgan fingerprint density at radius 1 is 1.06 bits per heavy atom. The van der Waals surface area contributed by atoms with Crippen LogP contribution in [0.4, 0.5) is 11.5 Å². The van der Waals surface area contributed by atoms with Gasteiger partial charge in [-0.3, -0.25) is 4.79 Å². The highest BCUT2D eigenvalue weighted by Crippen LogP contribution is 2.36. The van der Waals surface area contributed by atoms with Gasteiger partial charge in [0.05, 0.1) is 17.7 Å². The first-order valence-corrected chi connectivity index (χ1v) is 11.3. The number of nitrogens with zero attached hydrogens (tertiary/aromatic N) is 3. The summed E-state index contributed by atoms with van der Waals surface area (Å²) in [5.41, 5.74) is 2.32. The molecule has 2 aliphatic heterocycles. The predicted molar refractivity (Wildman–Crippen MR) is 123 cm³/mol. The summed E-state index contributed by atoms with van der Waals surface area (Å²) in [7, 11) is 0. The van der Waals surface area contributed by atoms with Gasteiger partial charge in [-0.2, -0.15) is 0 Å². The Labute approximate surface area is 189 Å². The number of aromatic nitrogens is 1. The van der Waals surface area contributed by atoms with Crippen LogP contribution in [0.2, 0.25) is 0 Å². The lowest BCUT2D eigenvalue weighted by Crippen LogP contribution is -2.36. The lowest BCUT2D eigenvalue weighted by molar-refractivity contribution is 0.00686. The number of rotatable bonds is 3. The molecule has 1 saturated heterocycles. The van der Waals surface area contributed by atoms with Crippen LogP contribution in [0.3, 0.4) is 0 Å². The summed E-state index contributed by atoms with van der Waals surface area (Å²) in [4.78, 5) is 33.9. The third-order valence-electron chi connectivity index (χ3n) is 5.69. The second kappa shape index (κ2) is 8.81. The zero-order chi connectivity index (χ0) is 22.9. The van der Waals surface area contributed by atoms with E-state index in [4.69, 9.17) is 9.47 Å². The molecule has 0 spiro atoms. The molecule has 1 amide bonds. The molecule has 7 heteroatoms. The van der Waals surface area contributed by atoms with E-state index in [0.29, 0.717) is 35.8 Å². The fourth-order valence-electron chi connectivity index (χ4n) is 4.12. The molecule has 0 bridgehead atoms. The first-order valence-electron chi connectivity index (χ1n) is 11.3. The molecule has 1 fully saturated rings. The highest BCUT2D eigenvalue weighted by Gasteiger charge is 2.26. The van der Waals surface area contributed by atoms with Crippen LogP contribution in [-0.2, 0) is 4.74 Å². The number of esters is 1. The quantitative estimate of drug-likeness (QED) is 0.659. The summed E-state index contributed by atoms with van der Waals surface area (Å²) in [6.45, 7) is 10.2. The smallest absolute Gasteiger partial charge is 0.338 e. The summed E-state index contributed by atoms with van der Waals surface area (Å²) >= 11 is 0. The molecular weight excluding hydrogens is 406 g/mol. The van der Waals surface area contributed by atoms with Gasteiger partial charge in [-0.15, -0.1) is 0 Å². The number of anilines is 2. The topological polar surface area (TPSA) is 72.0 Å². The number of carbonyl (C=O) groups excluding carboxylic acids is 2.